The molecule has 1 unspecified atom stereocenters. The molecule has 1 heterocycles. The first-order chi connectivity index (χ1) is 7.75. The maximum absolute atomic E-state index is 12.9. The standard InChI is InChI=1S/C12H14FN3/c1-9(12-14-5-6-15-12)16-8-10-3-2-4-11(13)7-10/h2-7,9,16H,8H2,1H3,(H,14,15). The molecule has 3 nitrogen and oxygen atoms in total. The number of rotatable bonds is 4. The average molecular weight is 219 g/mol. The third-order valence-electron chi connectivity index (χ3n) is 2.43. The number of imidazole rings is 1. The zero-order chi connectivity index (χ0) is 11.4. The third-order valence-corrected chi connectivity index (χ3v) is 2.43. The second kappa shape index (κ2) is 4.90. The monoisotopic (exact) mass is 219 g/mol. The molecule has 1 aromatic heterocycles. The molecule has 2 rings (SSSR count). The van der Waals surface area contributed by atoms with Crippen LogP contribution < -0.4 is 5.32 Å². The first-order valence-corrected chi connectivity index (χ1v) is 5.23. The molecule has 0 bridgehead atoms. The van der Waals surface area contributed by atoms with Crippen molar-refractivity contribution in [3.8, 4) is 0 Å². The molecular formula is C12H14FN3. The second-order valence-corrected chi connectivity index (χ2v) is 3.71. The second-order valence-electron chi connectivity index (χ2n) is 3.71. The van der Waals surface area contributed by atoms with Gasteiger partial charge in [-0.2, -0.15) is 0 Å². The lowest BCUT2D eigenvalue weighted by Crippen LogP contribution is -2.19. The zero-order valence-corrected chi connectivity index (χ0v) is 9.07. The van der Waals surface area contributed by atoms with Gasteiger partial charge in [0.2, 0.25) is 0 Å². The van der Waals surface area contributed by atoms with E-state index in [-0.39, 0.29) is 11.9 Å². The maximum atomic E-state index is 12.9. The Morgan fingerprint density at radius 2 is 2.38 bits per heavy atom. The molecular weight excluding hydrogens is 205 g/mol. The largest absolute Gasteiger partial charge is 0.347 e. The SMILES string of the molecule is CC(NCc1cccc(F)c1)c1ncc[nH]1. The Hall–Kier alpha value is -1.68. The van der Waals surface area contributed by atoms with Crippen LogP contribution in [0.5, 0.6) is 0 Å². The summed E-state index contributed by atoms with van der Waals surface area (Å²) < 4.78 is 12.9. The first-order valence-electron chi connectivity index (χ1n) is 5.23. The Morgan fingerprint density at radius 1 is 1.50 bits per heavy atom. The van der Waals surface area contributed by atoms with E-state index in [1.165, 1.54) is 12.1 Å². The highest BCUT2D eigenvalue weighted by Gasteiger charge is 2.06. The molecule has 1 aromatic carbocycles. The van der Waals surface area contributed by atoms with Crippen LogP contribution in [-0.2, 0) is 6.54 Å². The summed E-state index contributed by atoms with van der Waals surface area (Å²) >= 11 is 0. The number of aromatic amines is 1. The van der Waals surface area contributed by atoms with E-state index in [9.17, 15) is 4.39 Å². The lowest BCUT2D eigenvalue weighted by molar-refractivity contribution is 0.547. The molecule has 0 radical (unpaired) electrons. The van der Waals surface area contributed by atoms with Gasteiger partial charge in [-0.15, -0.1) is 0 Å². The molecule has 0 aliphatic heterocycles. The van der Waals surface area contributed by atoms with Gasteiger partial charge in [0.15, 0.2) is 0 Å². The van der Waals surface area contributed by atoms with Crippen molar-refractivity contribution < 1.29 is 4.39 Å². The van der Waals surface area contributed by atoms with E-state index in [2.05, 4.69) is 15.3 Å². The van der Waals surface area contributed by atoms with E-state index in [0.717, 1.165) is 11.4 Å². The van der Waals surface area contributed by atoms with E-state index < -0.39 is 0 Å². The van der Waals surface area contributed by atoms with Gasteiger partial charge < -0.3 is 10.3 Å². The summed E-state index contributed by atoms with van der Waals surface area (Å²) in [6, 6.07) is 6.70. The quantitative estimate of drug-likeness (QED) is 0.829. The van der Waals surface area contributed by atoms with Crippen LogP contribution in [0.1, 0.15) is 24.4 Å². The van der Waals surface area contributed by atoms with Gasteiger partial charge in [-0.05, 0) is 24.6 Å². The van der Waals surface area contributed by atoms with E-state index in [1.807, 2.05) is 13.0 Å². The summed E-state index contributed by atoms with van der Waals surface area (Å²) in [5.41, 5.74) is 0.929. The Balaban J connectivity index is 1.92. The van der Waals surface area contributed by atoms with Crippen LogP contribution in [-0.4, -0.2) is 9.97 Å². The van der Waals surface area contributed by atoms with Crippen LogP contribution in [0.3, 0.4) is 0 Å². The Morgan fingerprint density at radius 3 is 3.06 bits per heavy atom. The fourth-order valence-electron chi connectivity index (χ4n) is 1.53. The lowest BCUT2D eigenvalue weighted by atomic mass is 10.2. The van der Waals surface area contributed by atoms with Crippen LogP contribution in [0.4, 0.5) is 4.39 Å². The molecule has 0 fully saturated rings. The fraction of sp³-hybridized carbons (Fsp3) is 0.250. The van der Waals surface area contributed by atoms with E-state index in [0.29, 0.717) is 6.54 Å². The van der Waals surface area contributed by atoms with Crippen LogP contribution in [0.15, 0.2) is 36.7 Å². The van der Waals surface area contributed by atoms with Gasteiger partial charge in [0.25, 0.3) is 0 Å². The van der Waals surface area contributed by atoms with Gasteiger partial charge >= 0.3 is 0 Å². The molecule has 84 valence electrons. The Labute approximate surface area is 93.7 Å². The number of nitrogens with one attached hydrogen (secondary N) is 2. The highest BCUT2D eigenvalue weighted by molar-refractivity contribution is 5.16. The number of hydrogen-bond donors (Lipinski definition) is 2. The minimum absolute atomic E-state index is 0.123. The molecule has 0 aliphatic carbocycles. The predicted molar refractivity (Wildman–Crippen MR) is 60.2 cm³/mol. The molecule has 2 N–H and O–H groups in total. The minimum atomic E-state index is -0.204. The highest BCUT2D eigenvalue weighted by Crippen LogP contribution is 2.08. The van der Waals surface area contributed by atoms with Crippen LogP contribution in [0.2, 0.25) is 0 Å². The van der Waals surface area contributed by atoms with E-state index >= 15 is 0 Å². The van der Waals surface area contributed by atoms with Crippen LogP contribution in [0, 0.1) is 5.82 Å². The van der Waals surface area contributed by atoms with Crippen LogP contribution >= 0.6 is 0 Å². The number of nitrogens with zero attached hydrogens (tertiary/aromatic N) is 1. The molecule has 0 amide bonds. The summed E-state index contributed by atoms with van der Waals surface area (Å²) in [7, 11) is 0. The van der Waals surface area contributed by atoms with E-state index in [1.54, 1.807) is 18.5 Å². The average Bonchev–Trinajstić information content (AvgIpc) is 2.79. The van der Waals surface area contributed by atoms with Gasteiger partial charge in [-0.1, -0.05) is 12.1 Å². The normalized spacial score (nSPS) is 12.6. The highest BCUT2D eigenvalue weighted by atomic mass is 19.1. The molecule has 0 aliphatic rings. The summed E-state index contributed by atoms with van der Waals surface area (Å²) in [6.45, 7) is 2.64. The summed E-state index contributed by atoms with van der Waals surface area (Å²) in [5.74, 6) is 0.682. The Bertz CT molecular complexity index is 439. The summed E-state index contributed by atoms with van der Waals surface area (Å²) in [5, 5.41) is 3.27. The van der Waals surface area contributed by atoms with Gasteiger partial charge in [-0.25, -0.2) is 9.37 Å². The number of benzene rings is 1. The first kappa shape index (κ1) is 10.8. The fourth-order valence-corrected chi connectivity index (χ4v) is 1.53. The molecule has 1 atom stereocenters. The van der Waals surface area contributed by atoms with Crippen molar-refractivity contribution in [1.82, 2.24) is 15.3 Å². The van der Waals surface area contributed by atoms with Crippen molar-refractivity contribution in [3.05, 3.63) is 53.9 Å². The van der Waals surface area contributed by atoms with Crippen molar-refractivity contribution >= 4 is 0 Å². The van der Waals surface area contributed by atoms with Gasteiger partial charge in [0, 0.05) is 18.9 Å². The molecule has 16 heavy (non-hydrogen) atoms. The summed E-state index contributed by atoms with van der Waals surface area (Å²) in [6.07, 6.45) is 3.51. The molecule has 4 heteroatoms. The number of halogens is 1. The van der Waals surface area contributed by atoms with Crippen molar-refractivity contribution in [2.45, 2.75) is 19.5 Å². The number of hydrogen-bond acceptors (Lipinski definition) is 2. The van der Waals surface area contributed by atoms with E-state index in [4.69, 9.17) is 0 Å². The molecule has 0 saturated carbocycles. The van der Waals surface area contributed by atoms with Crippen molar-refractivity contribution in [1.29, 1.82) is 0 Å². The van der Waals surface area contributed by atoms with Crippen molar-refractivity contribution in [2.24, 2.45) is 0 Å². The van der Waals surface area contributed by atoms with Gasteiger partial charge in [0.05, 0.1) is 6.04 Å². The van der Waals surface area contributed by atoms with Gasteiger partial charge in [0.1, 0.15) is 11.6 Å². The Kier molecular flexibility index (Phi) is 3.31. The topological polar surface area (TPSA) is 40.7 Å². The molecule has 0 spiro atoms. The van der Waals surface area contributed by atoms with Crippen LogP contribution in [0.25, 0.3) is 0 Å². The number of aromatic nitrogens is 2. The predicted octanol–water partition coefficient (Wildman–Crippen LogP) is 2.40. The zero-order valence-electron chi connectivity index (χ0n) is 9.07. The third kappa shape index (κ3) is 2.67. The smallest absolute Gasteiger partial charge is 0.123 e. The van der Waals surface area contributed by atoms with Crippen molar-refractivity contribution in [2.75, 3.05) is 0 Å². The van der Waals surface area contributed by atoms with Gasteiger partial charge in [-0.3, -0.25) is 0 Å². The number of H-pyrrole nitrogens is 1. The lowest BCUT2D eigenvalue weighted by Gasteiger charge is -2.11. The minimum Gasteiger partial charge on any atom is -0.347 e. The van der Waals surface area contributed by atoms with Crippen molar-refractivity contribution in [3.63, 3.8) is 0 Å². The molecule has 0 saturated heterocycles. The maximum Gasteiger partial charge on any atom is 0.123 e. The molecule has 2 aromatic rings. The summed E-state index contributed by atoms with van der Waals surface area (Å²) in [4.78, 5) is 7.19.